The van der Waals surface area contributed by atoms with Crippen molar-refractivity contribution in [1.29, 1.82) is 0 Å². The number of hydrogen-bond donors (Lipinski definition) is 2. The second-order valence-corrected chi connectivity index (χ2v) is 5.53. The third kappa shape index (κ3) is 5.02. The predicted molar refractivity (Wildman–Crippen MR) is 108 cm³/mol. The zero-order chi connectivity index (χ0) is 16.1. The number of nitrogens with zero attached hydrogens (tertiary/aromatic N) is 1. The average molecular weight is 439 g/mol. The molecule has 24 heavy (non-hydrogen) atoms. The van der Waals surface area contributed by atoms with Crippen molar-refractivity contribution in [1.82, 2.24) is 0 Å². The second kappa shape index (κ2) is 8.77. The summed E-state index contributed by atoms with van der Waals surface area (Å²) in [5, 5.41) is 3.09. The van der Waals surface area contributed by atoms with Gasteiger partial charge < -0.3 is 20.5 Å². The quantitative estimate of drug-likeness (QED) is 0.435. The molecule has 0 aromatic heterocycles. The molecule has 0 aliphatic carbocycles. The molecular weight excluding hydrogens is 417 g/mol. The third-order valence-corrected chi connectivity index (χ3v) is 3.53. The number of halogens is 1. The Hall–Kier alpha value is -1.96. The molecule has 0 bridgehead atoms. The number of anilines is 1. The first-order valence-electron chi connectivity index (χ1n) is 7.73. The van der Waals surface area contributed by atoms with Crippen molar-refractivity contribution in [2.75, 3.05) is 18.5 Å². The summed E-state index contributed by atoms with van der Waals surface area (Å²) < 4.78 is 11.3. The summed E-state index contributed by atoms with van der Waals surface area (Å²) in [4.78, 5) is 4.37. The predicted octanol–water partition coefficient (Wildman–Crippen LogP) is 3.70. The number of aliphatic imine (C=N–C) groups is 1. The van der Waals surface area contributed by atoms with Gasteiger partial charge in [0.05, 0.1) is 19.8 Å². The maximum Gasteiger partial charge on any atom is 0.193 e. The zero-order valence-corrected chi connectivity index (χ0v) is 15.9. The van der Waals surface area contributed by atoms with Crippen molar-refractivity contribution in [2.24, 2.45) is 10.7 Å². The Balaban J connectivity index is 0.00000208. The molecule has 0 atom stereocenters. The average Bonchev–Trinajstić information content (AvgIpc) is 2.78. The minimum absolute atomic E-state index is 0. The van der Waals surface area contributed by atoms with E-state index in [1.807, 2.05) is 30.3 Å². The highest BCUT2D eigenvalue weighted by atomic mass is 127. The molecule has 1 aliphatic heterocycles. The lowest BCUT2D eigenvalue weighted by Crippen LogP contribution is -2.22. The first-order valence-corrected chi connectivity index (χ1v) is 7.73. The van der Waals surface area contributed by atoms with Crippen LogP contribution in [0, 0.1) is 6.92 Å². The Kier molecular flexibility index (Phi) is 6.72. The van der Waals surface area contributed by atoms with Crippen LogP contribution < -0.4 is 20.5 Å². The van der Waals surface area contributed by atoms with Crippen molar-refractivity contribution < 1.29 is 9.47 Å². The number of aryl methyl sites for hydroxylation is 1. The Bertz CT molecular complexity index is 719. The molecule has 3 N–H and O–H groups in total. The van der Waals surface area contributed by atoms with Crippen molar-refractivity contribution in [2.45, 2.75) is 19.9 Å². The van der Waals surface area contributed by atoms with E-state index >= 15 is 0 Å². The van der Waals surface area contributed by atoms with Gasteiger partial charge >= 0.3 is 0 Å². The lowest BCUT2D eigenvalue weighted by atomic mass is 10.1. The molecule has 6 heteroatoms. The third-order valence-electron chi connectivity index (χ3n) is 3.53. The van der Waals surface area contributed by atoms with E-state index in [0.717, 1.165) is 29.2 Å². The van der Waals surface area contributed by atoms with Crippen LogP contribution in [-0.4, -0.2) is 19.2 Å². The van der Waals surface area contributed by atoms with Crippen LogP contribution in [0.2, 0.25) is 0 Å². The summed E-state index contributed by atoms with van der Waals surface area (Å²) in [6, 6.07) is 13.9. The molecule has 0 amide bonds. The largest absolute Gasteiger partial charge is 0.490 e. The first-order chi connectivity index (χ1) is 11.2. The van der Waals surface area contributed by atoms with E-state index in [-0.39, 0.29) is 24.0 Å². The van der Waals surface area contributed by atoms with Crippen LogP contribution in [0.5, 0.6) is 11.5 Å². The molecule has 3 rings (SSSR count). The van der Waals surface area contributed by atoms with E-state index in [2.05, 4.69) is 29.4 Å². The Morgan fingerprint density at radius 1 is 1.12 bits per heavy atom. The highest BCUT2D eigenvalue weighted by Gasteiger charge is 2.10. The number of fused-ring (bicyclic) bond motifs is 1. The molecule has 1 heterocycles. The van der Waals surface area contributed by atoms with Crippen LogP contribution in [0.15, 0.2) is 47.5 Å². The number of ether oxygens (including phenoxy) is 2. The van der Waals surface area contributed by atoms with Crippen molar-refractivity contribution >= 4 is 35.6 Å². The molecule has 0 saturated carbocycles. The lowest BCUT2D eigenvalue weighted by Gasteiger charge is -2.10. The van der Waals surface area contributed by atoms with E-state index < -0.39 is 0 Å². The van der Waals surface area contributed by atoms with Crippen LogP contribution in [-0.2, 0) is 6.54 Å². The minimum Gasteiger partial charge on any atom is -0.490 e. The number of benzene rings is 2. The summed E-state index contributed by atoms with van der Waals surface area (Å²) in [7, 11) is 0. The van der Waals surface area contributed by atoms with Gasteiger partial charge in [-0.3, -0.25) is 0 Å². The van der Waals surface area contributed by atoms with Gasteiger partial charge in [-0.15, -0.1) is 24.0 Å². The molecule has 1 aliphatic rings. The Labute approximate surface area is 159 Å². The van der Waals surface area contributed by atoms with Crippen LogP contribution in [0.1, 0.15) is 17.5 Å². The highest BCUT2D eigenvalue weighted by molar-refractivity contribution is 14.0. The minimum atomic E-state index is 0. The molecule has 128 valence electrons. The van der Waals surface area contributed by atoms with E-state index in [4.69, 9.17) is 15.2 Å². The summed E-state index contributed by atoms with van der Waals surface area (Å²) in [5.41, 5.74) is 9.15. The van der Waals surface area contributed by atoms with Crippen molar-refractivity contribution in [3.63, 3.8) is 0 Å². The standard InChI is InChI=1S/C18H21N3O2.HI/c1-13-4-2-5-14(10-13)12-20-18(19)21-15-6-7-16-17(11-15)23-9-3-8-22-16;/h2,4-7,10-11H,3,8-9,12H2,1H3,(H3,19,20,21);1H. The fourth-order valence-electron chi connectivity index (χ4n) is 2.42. The first kappa shape index (κ1) is 18.4. The van der Waals surface area contributed by atoms with Crippen molar-refractivity contribution in [3.05, 3.63) is 53.6 Å². The smallest absolute Gasteiger partial charge is 0.193 e. The molecule has 2 aromatic carbocycles. The summed E-state index contributed by atoms with van der Waals surface area (Å²) in [6.07, 6.45) is 0.886. The van der Waals surface area contributed by atoms with E-state index in [0.29, 0.717) is 25.7 Å². The van der Waals surface area contributed by atoms with Crippen LogP contribution >= 0.6 is 24.0 Å². The maximum atomic E-state index is 5.97. The highest BCUT2D eigenvalue weighted by Crippen LogP contribution is 2.32. The number of nitrogens with one attached hydrogen (secondary N) is 1. The van der Waals surface area contributed by atoms with Gasteiger partial charge in [-0.2, -0.15) is 0 Å². The van der Waals surface area contributed by atoms with Crippen LogP contribution in [0.4, 0.5) is 5.69 Å². The van der Waals surface area contributed by atoms with Gasteiger partial charge in [-0.25, -0.2) is 4.99 Å². The van der Waals surface area contributed by atoms with Crippen LogP contribution in [0.25, 0.3) is 0 Å². The van der Waals surface area contributed by atoms with Gasteiger partial charge in [0, 0.05) is 18.2 Å². The summed E-state index contributed by atoms with van der Waals surface area (Å²) >= 11 is 0. The van der Waals surface area contributed by atoms with Gasteiger partial charge in [0.2, 0.25) is 0 Å². The topological polar surface area (TPSA) is 68.9 Å². The normalized spacial score (nSPS) is 13.6. The fraction of sp³-hybridized carbons (Fsp3) is 0.278. The zero-order valence-electron chi connectivity index (χ0n) is 13.6. The SMILES string of the molecule is Cc1cccc(CN=C(N)Nc2ccc3c(c2)OCCCO3)c1.I. The number of rotatable bonds is 3. The van der Waals surface area contributed by atoms with Gasteiger partial charge in [0.15, 0.2) is 17.5 Å². The van der Waals surface area contributed by atoms with E-state index in [9.17, 15) is 0 Å². The maximum absolute atomic E-state index is 5.97. The Morgan fingerprint density at radius 2 is 1.92 bits per heavy atom. The Morgan fingerprint density at radius 3 is 2.71 bits per heavy atom. The van der Waals surface area contributed by atoms with E-state index in [1.54, 1.807) is 0 Å². The molecule has 2 aromatic rings. The molecule has 5 nitrogen and oxygen atoms in total. The fourth-order valence-corrected chi connectivity index (χ4v) is 2.42. The van der Waals surface area contributed by atoms with Gasteiger partial charge in [-0.1, -0.05) is 29.8 Å². The summed E-state index contributed by atoms with van der Waals surface area (Å²) in [6.45, 7) is 3.95. The molecule has 0 fully saturated rings. The monoisotopic (exact) mass is 439 g/mol. The number of nitrogens with two attached hydrogens (primary N) is 1. The van der Waals surface area contributed by atoms with Gasteiger partial charge in [-0.05, 0) is 24.6 Å². The second-order valence-electron chi connectivity index (χ2n) is 5.53. The molecule has 0 spiro atoms. The van der Waals surface area contributed by atoms with Crippen LogP contribution in [0.3, 0.4) is 0 Å². The molecule has 0 radical (unpaired) electrons. The number of guanidine groups is 1. The van der Waals surface area contributed by atoms with Crippen molar-refractivity contribution in [3.8, 4) is 11.5 Å². The van der Waals surface area contributed by atoms with E-state index in [1.165, 1.54) is 5.56 Å². The van der Waals surface area contributed by atoms with Gasteiger partial charge in [0.1, 0.15) is 0 Å². The molecule has 0 unspecified atom stereocenters. The summed E-state index contributed by atoms with van der Waals surface area (Å²) in [5.74, 6) is 1.88. The van der Waals surface area contributed by atoms with Gasteiger partial charge in [0.25, 0.3) is 0 Å². The molecule has 0 saturated heterocycles. The number of hydrogen-bond acceptors (Lipinski definition) is 3. The lowest BCUT2D eigenvalue weighted by molar-refractivity contribution is 0.297. The molecular formula is C18H22IN3O2.